The first-order valence-corrected chi connectivity index (χ1v) is 12.2. The van der Waals surface area contributed by atoms with Crippen molar-refractivity contribution in [3.05, 3.63) is 94.5 Å². The Labute approximate surface area is 213 Å². The van der Waals surface area contributed by atoms with E-state index in [4.69, 9.17) is 4.74 Å². The van der Waals surface area contributed by atoms with Crippen molar-refractivity contribution in [3.63, 3.8) is 0 Å². The minimum absolute atomic E-state index is 0.0936. The van der Waals surface area contributed by atoms with Crippen molar-refractivity contribution in [3.8, 4) is 11.5 Å². The number of amides is 2. The summed E-state index contributed by atoms with van der Waals surface area (Å²) in [6, 6.07) is 17.4. The van der Waals surface area contributed by atoms with Crippen LogP contribution in [0.3, 0.4) is 0 Å². The van der Waals surface area contributed by atoms with Gasteiger partial charge in [0.05, 0.1) is 6.04 Å². The molecule has 0 saturated carbocycles. The second-order valence-electron chi connectivity index (χ2n) is 9.84. The van der Waals surface area contributed by atoms with Crippen LogP contribution in [-0.2, 0) is 16.0 Å². The first kappa shape index (κ1) is 24.9. The van der Waals surface area contributed by atoms with Gasteiger partial charge in [0, 0.05) is 11.1 Å². The third kappa shape index (κ3) is 4.92. The number of halogens is 3. The Bertz CT molecular complexity index is 1340. The number of alkyl halides is 3. The molecule has 3 aromatic carbocycles. The molecule has 4 atom stereocenters. The van der Waals surface area contributed by atoms with E-state index >= 15 is 0 Å². The molecule has 8 heteroatoms. The van der Waals surface area contributed by atoms with E-state index in [0.717, 1.165) is 27.8 Å². The minimum atomic E-state index is -4.62. The first-order valence-electron chi connectivity index (χ1n) is 12.2. The van der Waals surface area contributed by atoms with Gasteiger partial charge in [-0.05, 0) is 61.4 Å². The van der Waals surface area contributed by atoms with Crippen LogP contribution in [-0.4, -0.2) is 24.0 Å². The Morgan fingerprint density at radius 2 is 1.78 bits per heavy atom. The van der Waals surface area contributed by atoms with Crippen molar-refractivity contribution in [2.45, 2.75) is 44.9 Å². The molecule has 0 aliphatic carbocycles. The van der Waals surface area contributed by atoms with Crippen LogP contribution in [0.15, 0.2) is 66.7 Å². The van der Waals surface area contributed by atoms with Gasteiger partial charge < -0.3 is 15.4 Å². The standard InChI is InChI=1S/C29H27F3N2O3/c1-16-11-12-20-23(13-16)37-22-10-6-7-17(2)24(22)25(20)33-27(35)21-15-19(14-18-8-4-3-5-9-18)26(29(30,31)32)34-28(21)36/h3-13,19,21,25-26H,14-15H2,1-2H3,(H,33,35)(H,34,36). The number of hydrogen-bond acceptors (Lipinski definition) is 3. The molecule has 2 heterocycles. The average Bonchev–Trinajstić information content (AvgIpc) is 2.84. The fourth-order valence-electron chi connectivity index (χ4n) is 5.36. The van der Waals surface area contributed by atoms with E-state index in [-0.39, 0.29) is 12.8 Å². The van der Waals surface area contributed by atoms with E-state index in [1.807, 2.05) is 50.2 Å². The van der Waals surface area contributed by atoms with E-state index in [2.05, 4.69) is 10.6 Å². The molecule has 3 aromatic rings. The number of aryl methyl sites for hydroxylation is 2. The lowest BCUT2D eigenvalue weighted by Crippen LogP contribution is -2.59. The van der Waals surface area contributed by atoms with E-state index in [0.29, 0.717) is 11.5 Å². The van der Waals surface area contributed by atoms with Gasteiger partial charge in [0.1, 0.15) is 23.5 Å². The molecule has 0 bridgehead atoms. The van der Waals surface area contributed by atoms with E-state index in [9.17, 15) is 22.8 Å². The SMILES string of the molecule is Cc1ccc2c(c1)Oc1cccc(C)c1C2NC(=O)C1CC(Cc2ccccc2)C(C(F)(F)F)NC1=O. The zero-order valence-electron chi connectivity index (χ0n) is 20.4. The van der Waals surface area contributed by atoms with Crippen LogP contribution in [0.1, 0.15) is 40.3 Å². The van der Waals surface area contributed by atoms with E-state index in [1.54, 1.807) is 30.3 Å². The zero-order chi connectivity index (χ0) is 26.3. The molecule has 2 aliphatic heterocycles. The summed E-state index contributed by atoms with van der Waals surface area (Å²) < 4.78 is 47.6. The van der Waals surface area contributed by atoms with E-state index < -0.39 is 41.9 Å². The van der Waals surface area contributed by atoms with Gasteiger partial charge in [0.25, 0.3) is 0 Å². The Morgan fingerprint density at radius 1 is 1.03 bits per heavy atom. The topological polar surface area (TPSA) is 67.4 Å². The lowest BCUT2D eigenvalue weighted by Gasteiger charge is -2.38. The van der Waals surface area contributed by atoms with Gasteiger partial charge in [-0.15, -0.1) is 0 Å². The van der Waals surface area contributed by atoms with Crippen LogP contribution in [0.4, 0.5) is 13.2 Å². The molecule has 5 nitrogen and oxygen atoms in total. The Balaban J connectivity index is 1.44. The molecule has 37 heavy (non-hydrogen) atoms. The van der Waals surface area contributed by atoms with Crippen molar-refractivity contribution in [1.82, 2.24) is 10.6 Å². The second-order valence-corrected chi connectivity index (χ2v) is 9.84. The Morgan fingerprint density at radius 3 is 2.51 bits per heavy atom. The lowest BCUT2D eigenvalue weighted by molar-refractivity contribution is -0.181. The third-order valence-electron chi connectivity index (χ3n) is 7.19. The van der Waals surface area contributed by atoms with Crippen LogP contribution < -0.4 is 15.4 Å². The minimum Gasteiger partial charge on any atom is -0.457 e. The molecule has 0 spiro atoms. The number of nitrogens with one attached hydrogen (secondary N) is 2. The van der Waals surface area contributed by atoms with Crippen LogP contribution in [0.5, 0.6) is 11.5 Å². The third-order valence-corrected chi connectivity index (χ3v) is 7.19. The Hall–Kier alpha value is -3.81. The smallest absolute Gasteiger partial charge is 0.408 e. The number of fused-ring (bicyclic) bond motifs is 2. The summed E-state index contributed by atoms with van der Waals surface area (Å²) in [5, 5.41) is 5.07. The van der Waals surface area contributed by atoms with Gasteiger partial charge in [-0.25, -0.2) is 0 Å². The lowest BCUT2D eigenvalue weighted by atomic mass is 9.79. The molecule has 0 aromatic heterocycles. The molecule has 192 valence electrons. The quantitative estimate of drug-likeness (QED) is 0.455. The van der Waals surface area contributed by atoms with Crippen molar-refractivity contribution in [2.75, 3.05) is 0 Å². The number of rotatable bonds is 4. The summed E-state index contributed by atoms with van der Waals surface area (Å²) in [5.41, 5.74) is 4.08. The number of ether oxygens (including phenoxy) is 1. The van der Waals surface area contributed by atoms with Crippen LogP contribution in [0.25, 0.3) is 0 Å². The highest BCUT2D eigenvalue weighted by Crippen LogP contribution is 2.45. The molecule has 0 radical (unpaired) electrons. The predicted molar refractivity (Wildman–Crippen MR) is 132 cm³/mol. The molecule has 2 N–H and O–H groups in total. The molecule has 2 aliphatic rings. The summed E-state index contributed by atoms with van der Waals surface area (Å²) in [6.07, 6.45) is -4.73. The number of carbonyl (C=O) groups is 2. The maximum atomic E-state index is 13.8. The summed E-state index contributed by atoms with van der Waals surface area (Å²) in [7, 11) is 0. The van der Waals surface area contributed by atoms with Crippen LogP contribution in [0, 0.1) is 25.7 Å². The maximum absolute atomic E-state index is 13.8. The van der Waals surface area contributed by atoms with Crippen LogP contribution >= 0.6 is 0 Å². The fourth-order valence-corrected chi connectivity index (χ4v) is 5.36. The molecular weight excluding hydrogens is 481 g/mol. The molecule has 1 fully saturated rings. The van der Waals surface area contributed by atoms with Gasteiger partial charge in [0.15, 0.2) is 0 Å². The summed E-state index contributed by atoms with van der Waals surface area (Å²) in [4.78, 5) is 26.4. The maximum Gasteiger partial charge on any atom is 0.408 e. The van der Waals surface area contributed by atoms with Gasteiger partial charge in [-0.2, -0.15) is 13.2 Å². The predicted octanol–water partition coefficient (Wildman–Crippen LogP) is 5.54. The fraction of sp³-hybridized carbons (Fsp3) is 0.310. The summed E-state index contributed by atoms with van der Waals surface area (Å²) in [6.45, 7) is 3.83. The molecule has 1 saturated heterocycles. The van der Waals surface area contributed by atoms with Gasteiger partial charge in [-0.3, -0.25) is 9.59 Å². The normalized spacial score (nSPS) is 22.8. The first-order chi connectivity index (χ1) is 17.6. The monoisotopic (exact) mass is 508 g/mol. The van der Waals surface area contributed by atoms with Gasteiger partial charge in [-0.1, -0.05) is 54.6 Å². The molecule has 2 amide bonds. The largest absolute Gasteiger partial charge is 0.457 e. The van der Waals surface area contributed by atoms with E-state index in [1.165, 1.54) is 0 Å². The molecular formula is C29H27F3N2O3. The second kappa shape index (κ2) is 9.57. The summed E-state index contributed by atoms with van der Waals surface area (Å²) >= 11 is 0. The van der Waals surface area contributed by atoms with Crippen molar-refractivity contribution in [1.29, 1.82) is 0 Å². The molecule has 5 rings (SSSR count). The van der Waals surface area contributed by atoms with Gasteiger partial charge in [0.2, 0.25) is 11.8 Å². The number of piperidine rings is 1. The number of hydrogen-bond donors (Lipinski definition) is 2. The zero-order valence-corrected chi connectivity index (χ0v) is 20.4. The molecule has 4 unspecified atom stereocenters. The number of carbonyl (C=O) groups excluding carboxylic acids is 2. The highest BCUT2D eigenvalue weighted by molar-refractivity contribution is 6.01. The number of benzene rings is 3. The highest BCUT2D eigenvalue weighted by atomic mass is 19.4. The van der Waals surface area contributed by atoms with Gasteiger partial charge >= 0.3 is 6.18 Å². The van der Waals surface area contributed by atoms with Crippen LogP contribution in [0.2, 0.25) is 0 Å². The average molecular weight is 509 g/mol. The highest BCUT2D eigenvalue weighted by Gasteiger charge is 2.51. The van der Waals surface area contributed by atoms with Crippen molar-refractivity contribution in [2.24, 2.45) is 11.8 Å². The summed E-state index contributed by atoms with van der Waals surface area (Å²) in [5.74, 6) is -2.56. The van der Waals surface area contributed by atoms with Crippen molar-refractivity contribution >= 4 is 11.8 Å². The Kier molecular flexibility index (Phi) is 6.43. The van der Waals surface area contributed by atoms with Crippen molar-refractivity contribution < 1.29 is 27.5 Å².